The number of rotatable bonds is 5. The minimum atomic E-state index is -0.309. The Labute approximate surface area is 115 Å². The van der Waals surface area contributed by atoms with Crippen LogP contribution in [0.4, 0.5) is 5.69 Å². The molecule has 2 aromatic rings. The highest BCUT2D eigenvalue weighted by atomic mass is 16.5. The molecule has 0 saturated carbocycles. The molecule has 1 aromatic heterocycles. The maximum Gasteiger partial charge on any atom is 0.251 e. The number of nitrogen functional groups attached to an aromatic ring is 1. The van der Waals surface area contributed by atoms with Gasteiger partial charge in [-0.3, -0.25) is 9.59 Å². The number of pyridine rings is 1. The van der Waals surface area contributed by atoms with Crippen LogP contribution in [0.3, 0.4) is 0 Å². The van der Waals surface area contributed by atoms with Crippen molar-refractivity contribution in [1.82, 2.24) is 10.3 Å². The average molecular weight is 273 g/mol. The van der Waals surface area contributed by atoms with E-state index in [-0.39, 0.29) is 11.5 Å². The second kappa shape index (κ2) is 6.42. The minimum absolute atomic E-state index is 0.308. The van der Waals surface area contributed by atoms with E-state index in [4.69, 9.17) is 10.5 Å². The van der Waals surface area contributed by atoms with Crippen LogP contribution in [0.1, 0.15) is 10.4 Å². The van der Waals surface area contributed by atoms with E-state index < -0.39 is 0 Å². The molecule has 6 nitrogen and oxygen atoms in total. The van der Waals surface area contributed by atoms with Gasteiger partial charge in [-0.05, 0) is 30.3 Å². The normalized spacial score (nSPS) is 10.0. The van der Waals surface area contributed by atoms with Crippen LogP contribution in [-0.4, -0.2) is 24.0 Å². The predicted molar refractivity (Wildman–Crippen MR) is 75.7 cm³/mol. The molecule has 1 amide bonds. The van der Waals surface area contributed by atoms with Gasteiger partial charge in [0.05, 0.1) is 6.54 Å². The van der Waals surface area contributed by atoms with Gasteiger partial charge in [0.2, 0.25) is 5.56 Å². The number of H-pyrrole nitrogens is 1. The highest BCUT2D eigenvalue weighted by Gasteiger charge is 2.04. The van der Waals surface area contributed by atoms with Crippen LogP contribution in [0, 0.1) is 0 Å². The van der Waals surface area contributed by atoms with Crippen LogP contribution in [0.25, 0.3) is 0 Å². The Balaban J connectivity index is 1.77. The molecular formula is C14H15N3O3. The standard InChI is InChI=1S/C14H15N3O3/c15-11-1-3-12(4-2-11)20-8-7-17-14(19)10-5-6-16-13(18)9-10/h1-6,9H,7-8,15H2,(H,16,18)(H,17,19). The first kappa shape index (κ1) is 13.7. The summed E-state index contributed by atoms with van der Waals surface area (Å²) in [5.41, 5.74) is 6.23. The van der Waals surface area contributed by atoms with E-state index in [1.807, 2.05) is 0 Å². The van der Waals surface area contributed by atoms with E-state index in [9.17, 15) is 9.59 Å². The largest absolute Gasteiger partial charge is 0.492 e. The fourth-order valence-corrected chi connectivity index (χ4v) is 1.59. The number of carbonyl (C=O) groups excluding carboxylic acids is 1. The number of benzene rings is 1. The first-order chi connectivity index (χ1) is 9.65. The third-order valence-corrected chi connectivity index (χ3v) is 2.57. The van der Waals surface area contributed by atoms with Gasteiger partial charge in [-0.1, -0.05) is 0 Å². The van der Waals surface area contributed by atoms with Crippen molar-refractivity contribution in [2.75, 3.05) is 18.9 Å². The molecule has 0 aliphatic carbocycles. The number of hydrogen-bond donors (Lipinski definition) is 3. The topological polar surface area (TPSA) is 97.2 Å². The number of aromatic nitrogens is 1. The molecule has 2 rings (SSSR count). The third kappa shape index (κ3) is 3.88. The van der Waals surface area contributed by atoms with E-state index in [2.05, 4.69) is 10.3 Å². The molecule has 1 aromatic carbocycles. The number of nitrogens with one attached hydrogen (secondary N) is 2. The van der Waals surface area contributed by atoms with Gasteiger partial charge in [-0.25, -0.2) is 0 Å². The van der Waals surface area contributed by atoms with Gasteiger partial charge in [0, 0.05) is 23.5 Å². The molecule has 0 atom stereocenters. The van der Waals surface area contributed by atoms with Gasteiger partial charge >= 0.3 is 0 Å². The van der Waals surface area contributed by atoms with Crippen molar-refractivity contribution in [3.8, 4) is 5.75 Å². The summed E-state index contributed by atoms with van der Waals surface area (Å²) in [6, 6.07) is 9.78. The lowest BCUT2D eigenvalue weighted by Crippen LogP contribution is -2.28. The van der Waals surface area contributed by atoms with Crippen molar-refractivity contribution in [3.05, 3.63) is 58.5 Å². The second-order valence-corrected chi connectivity index (χ2v) is 4.11. The van der Waals surface area contributed by atoms with Gasteiger partial charge in [0.25, 0.3) is 5.91 Å². The third-order valence-electron chi connectivity index (χ3n) is 2.57. The van der Waals surface area contributed by atoms with Crippen molar-refractivity contribution < 1.29 is 9.53 Å². The highest BCUT2D eigenvalue weighted by molar-refractivity contribution is 5.93. The number of nitrogens with two attached hydrogens (primary N) is 1. The molecule has 0 radical (unpaired) electrons. The van der Waals surface area contributed by atoms with Crippen molar-refractivity contribution in [3.63, 3.8) is 0 Å². The zero-order valence-electron chi connectivity index (χ0n) is 10.8. The Bertz CT molecular complexity index is 635. The summed E-state index contributed by atoms with van der Waals surface area (Å²) in [6.07, 6.45) is 1.43. The summed E-state index contributed by atoms with van der Waals surface area (Å²) in [5, 5.41) is 2.67. The molecular weight excluding hydrogens is 258 g/mol. The average Bonchev–Trinajstić information content (AvgIpc) is 2.45. The van der Waals surface area contributed by atoms with Crippen molar-refractivity contribution in [1.29, 1.82) is 0 Å². The van der Waals surface area contributed by atoms with Gasteiger partial charge in [0.15, 0.2) is 0 Å². The molecule has 1 heterocycles. The molecule has 0 spiro atoms. The Hall–Kier alpha value is -2.76. The summed E-state index contributed by atoms with van der Waals surface area (Å²) in [7, 11) is 0. The fourth-order valence-electron chi connectivity index (χ4n) is 1.59. The number of amides is 1. The van der Waals surface area contributed by atoms with Gasteiger partial charge in [0.1, 0.15) is 12.4 Å². The summed E-state index contributed by atoms with van der Waals surface area (Å²) >= 11 is 0. The van der Waals surface area contributed by atoms with Gasteiger partial charge < -0.3 is 20.8 Å². The van der Waals surface area contributed by atoms with E-state index in [0.717, 1.165) is 0 Å². The molecule has 0 unspecified atom stereocenters. The monoisotopic (exact) mass is 273 g/mol. The maximum atomic E-state index is 11.7. The van der Waals surface area contributed by atoms with E-state index in [1.165, 1.54) is 18.3 Å². The smallest absolute Gasteiger partial charge is 0.251 e. The minimum Gasteiger partial charge on any atom is -0.492 e. The summed E-state index contributed by atoms with van der Waals surface area (Å²) in [4.78, 5) is 25.2. The lowest BCUT2D eigenvalue weighted by atomic mass is 10.2. The maximum absolute atomic E-state index is 11.7. The molecule has 0 fully saturated rings. The first-order valence-electron chi connectivity index (χ1n) is 6.10. The Morgan fingerprint density at radius 2 is 2.00 bits per heavy atom. The number of ether oxygens (including phenoxy) is 1. The van der Waals surface area contributed by atoms with E-state index in [1.54, 1.807) is 24.3 Å². The van der Waals surface area contributed by atoms with E-state index >= 15 is 0 Å². The number of anilines is 1. The molecule has 0 bridgehead atoms. The number of hydrogen-bond acceptors (Lipinski definition) is 4. The van der Waals surface area contributed by atoms with Crippen LogP contribution < -0.4 is 21.3 Å². The summed E-state index contributed by atoms with van der Waals surface area (Å²) in [5.74, 6) is 0.376. The lowest BCUT2D eigenvalue weighted by Gasteiger charge is -2.07. The molecule has 20 heavy (non-hydrogen) atoms. The fraction of sp³-hybridized carbons (Fsp3) is 0.143. The lowest BCUT2D eigenvalue weighted by molar-refractivity contribution is 0.0947. The molecule has 6 heteroatoms. The highest BCUT2D eigenvalue weighted by Crippen LogP contribution is 2.12. The quantitative estimate of drug-likeness (QED) is 0.553. The first-order valence-corrected chi connectivity index (χ1v) is 6.10. The Morgan fingerprint density at radius 1 is 1.25 bits per heavy atom. The zero-order chi connectivity index (χ0) is 14.4. The molecule has 0 aliphatic rings. The number of aromatic amines is 1. The molecule has 104 valence electrons. The summed E-state index contributed by atoms with van der Waals surface area (Å²) in [6.45, 7) is 0.675. The van der Waals surface area contributed by atoms with Crippen LogP contribution in [-0.2, 0) is 0 Å². The van der Waals surface area contributed by atoms with Crippen LogP contribution in [0.15, 0.2) is 47.4 Å². The van der Waals surface area contributed by atoms with Gasteiger partial charge in [-0.2, -0.15) is 0 Å². The van der Waals surface area contributed by atoms with Crippen LogP contribution in [0.5, 0.6) is 5.75 Å². The Kier molecular flexibility index (Phi) is 4.39. The second-order valence-electron chi connectivity index (χ2n) is 4.11. The van der Waals surface area contributed by atoms with E-state index in [0.29, 0.717) is 30.2 Å². The molecule has 0 saturated heterocycles. The number of carbonyl (C=O) groups is 1. The summed E-state index contributed by atoms with van der Waals surface area (Å²) < 4.78 is 5.43. The van der Waals surface area contributed by atoms with Gasteiger partial charge in [-0.15, -0.1) is 0 Å². The Morgan fingerprint density at radius 3 is 2.70 bits per heavy atom. The van der Waals surface area contributed by atoms with Crippen molar-refractivity contribution >= 4 is 11.6 Å². The molecule has 4 N–H and O–H groups in total. The van der Waals surface area contributed by atoms with Crippen LogP contribution >= 0.6 is 0 Å². The predicted octanol–water partition coefficient (Wildman–Crippen LogP) is 0.766. The van der Waals surface area contributed by atoms with Crippen molar-refractivity contribution in [2.24, 2.45) is 0 Å². The van der Waals surface area contributed by atoms with Crippen LogP contribution in [0.2, 0.25) is 0 Å². The molecule has 0 aliphatic heterocycles. The zero-order valence-corrected chi connectivity index (χ0v) is 10.8. The SMILES string of the molecule is Nc1ccc(OCCNC(=O)c2cc[nH]c(=O)c2)cc1. The van der Waals surface area contributed by atoms with Crippen molar-refractivity contribution in [2.45, 2.75) is 0 Å².